The molecule has 5 nitrogen and oxygen atoms in total. The second-order valence-electron chi connectivity index (χ2n) is 4.71. The minimum Gasteiger partial charge on any atom is -0.480 e. The number of urea groups is 1. The SMILES string of the molecule is C=CCC(NC(=O)N(C)c1ccc(C)cc1C)C(=O)O. The van der Waals surface area contributed by atoms with Crippen LogP contribution in [0.25, 0.3) is 0 Å². The van der Waals surface area contributed by atoms with Crippen molar-refractivity contribution in [2.24, 2.45) is 0 Å². The molecule has 0 aliphatic carbocycles. The van der Waals surface area contributed by atoms with Crippen molar-refractivity contribution >= 4 is 17.7 Å². The maximum Gasteiger partial charge on any atom is 0.326 e. The van der Waals surface area contributed by atoms with Crippen molar-refractivity contribution in [2.45, 2.75) is 26.3 Å². The average molecular weight is 276 g/mol. The van der Waals surface area contributed by atoms with Crippen LogP contribution >= 0.6 is 0 Å². The van der Waals surface area contributed by atoms with E-state index in [-0.39, 0.29) is 6.42 Å². The van der Waals surface area contributed by atoms with Gasteiger partial charge in [0.2, 0.25) is 0 Å². The fraction of sp³-hybridized carbons (Fsp3) is 0.333. The van der Waals surface area contributed by atoms with E-state index in [1.54, 1.807) is 7.05 Å². The van der Waals surface area contributed by atoms with Crippen LogP contribution in [0.3, 0.4) is 0 Å². The summed E-state index contributed by atoms with van der Waals surface area (Å²) in [5.74, 6) is -1.08. The Balaban J connectivity index is 2.85. The molecule has 1 aromatic carbocycles. The van der Waals surface area contributed by atoms with Crippen molar-refractivity contribution in [1.29, 1.82) is 0 Å². The van der Waals surface area contributed by atoms with Gasteiger partial charge in [-0.2, -0.15) is 0 Å². The van der Waals surface area contributed by atoms with Gasteiger partial charge >= 0.3 is 12.0 Å². The number of rotatable bonds is 5. The summed E-state index contributed by atoms with van der Waals surface area (Å²) in [5, 5.41) is 11.5. The highest BCUT2D eigenvalue weighted by Gasteiger charge is 2.21. The van der Waals surface area contributed by atoms with Gasteiger partial charge in [-0.25, -0.2) is 9.59 Å². The monoisotopic (exact) mass is 276 g/mol. The molecule has 1 rings (SSSR count). The van der Waals surface area contributed by atoms with E-state index in [1.165, 1.54) is 11.0 Å². The first-order chi connectivity index (χ1) is 9.36. The Kier molecular flexibility index (Phi) is 5.32. The number of aliphatic carboxylic acids is 1. The first-order valence-electron chi connectivity index (χ1n) is 6.32. The predicted molar refractivity (Wildman–Crippen MR) is 79.1 cm³/mol. The number of carboxylic acid groups (broad SMARTS) is 1. The quantitative estimate of drug-likeness (QED) is 0.812. The highest BCUT2D eigenvalue weighted by atomic mass is 16.4. The second-order valence-corrected chi connectivity index (χ2v) is 4.71. The summed E-state index contributed by atoms with van der Waals surface area (Å²) in [6.07, 6.45) is 1.65. The van der Waals surface area contributed by atoms with Crippen LogP contribution in [0.2, 0.25) is 0 Å². The number of carbonyl (C=O) groups is 2. The Labute approximate surface area is 118 Å². The molecule has 1 atom stereocenters. The smallest absolute Gasteiger partial charge is 0.326 e. The second kappa shape index (κ2) is 6.75. The molecule has 2 amide bonds. The Morgan fingerprint density at radius 3 is 2.60 bits per heavy atom. The zero-order valence-electron chi connectivity index (χ0n) is 12.0. The van der Waals surface area contributed by atoms with Gasteiger partial charge in [0, 0.05) is 12.7 Å². The van der Waals surface area contributed by atoms with Crippen LogP contribution in [0.4, 0.5) is 10.5 Å². The minimum absolute atomic E-state index is 0.182. The maximum atomic E-state index is 12.1. The number of anilines is 1. The molecule has 0 saturated carbocycles. The number of hydrogen-bond acceptors (Lipinski definition) is 2. The minimum atomic E-state index is -1.08. The van der Waals surface area contributed by atoms with Gasteiger partial charge in [-0.1, -0.05) is 23.8 Å². The lowest BCUT2D eigenvalue weighted by Gasteiger charge is -2.22. The molecule has 108 valence electrons. The maximum absolute atomic E-state index is 12.1. The first-order valence-corrected chi connectivity index (χ1v) is 6.32. The summed E-state index contributed by atoms with van der Waals surface area (Å²) >= 11 is 0. The molecule has 0 aromatic heterocycles. The number of carboxylic acids is 1. The molecule has 0 aliphatic heterocycles. The third-order valence-corrected chi connectivity index (χ3v) is 3.02. The van der Waals surface area contributed by atoms with Gasteiger partial charge in [-0.3, -0.25) is 4.90 Å². The average Bonchev–Trinajstić information content (AvgIpc) is 2.37. The van der Waals surface area contributed by atoms with E-state index in [1.807, 2.05) is 32.0 Å². The van der Waals surface area contributed by atoms with E-state index < -0.39 is 18.0 Å². The number of benzene rings is 1. The van der Waals surface area contributed by atoms with Crippen molar-refractivity contribution < 1.29 is 14.7 Å². The topological polar surface area (TPSA) is 69.6 Å². The predicted octanol–water partition coefficient (Wildman–Crippen LogP) is 2.48. The molecule has 0 aliphatic rings. The van der Waals surface area contributed by atoms with Crippen LogP contribution in [0.15, 0.2) is 30.9 Å². The Morgan fingerprint density at radius 1 is 1.45 bits per heavy atom. The largest absolute Gasteiger partial charge is 0.480 e. The van der Waals surface area contributed by atoms with Crippen LogP contribution in [0.5, 0.6) is 0 Å². The number of carbonyl (C=O) groups excluding carboxylic acids is 1. The van der Waals surface area contributed by atoms with E-state index in [2.05, 4.69) is 11.9 Å². The van der Waals surface area contributed by atoms with E-state index in [9.17, 15) is 9.59 Å². The fourth-order valence-corrected chi connectivity index (χ4v) is 1.93. The molecule has 0 bridgehead atoms. The lowest BCUT2D eigenvalue weighted by atomic mass is 10.1. The molecule has 0 saturated heterocycles. The molecule has 1 unspecified atom stereocenters. The lowest BCUT2D eigenvalue weighted by Crippen LogP contribution is -2.46. The lowest BCUT2D eigenvalue weighted by molar-refractivity contribution is -0.139. The molecular formula is C15H20N2O3. The number of hydrogen-bond donors (Lipinski definition) is 2. The van der Waals surface area contributed by atoms with Crippen molar-refractivity contribution in [2.75, 3.05) is 11.9 Å². The van der Waals surface area contributed by atoms with Crippen molar-refractivity contribution in [3.63, 3.8) is 0 Å². The van der Waals surface area contributed by atoms with Gasteiger partial charge in [0.1, 0.15) is 6.04 Å². The molecule has 0 heterocycles. The van der Waals surface area contributed by atoms with Gasteiger partial charge < -0.3 is 10.4 Å². The van der Waals surface area contributed by atoms with Crippen LogP contribution in [-0.2, 0) is 4.79 Å². The Hall–Kier alpha value is -2.30. The van der Waals surface area contributed by atoms with Gasteiger partial charge in [0.25, 0.3) is 0 Å². The number of aryl methyl sites for hydroxylation is 2. The van der Waals surface area contributed by atoms with E-state index in [0.29, 0.717) is 0 Å². The van der Waals surface area contributed by atoms with E-state index in [4.69, 9.17) is 5.11 Å². The summed E-state index contributed by atoms with van der Waals surface area (Å²) in [7, 11) is 1.61. The third-order valence-electron chi connectivity index (χ3n) is 3.02. The van der Waals surface area contributed by atoms with Gasteiger partial charge in [0.05, 0.1) is 0 Å². The highest BCUT2D eigenvalue weighted by molar-refractivity contribution is 5.94. The standard InChI is InChI=1S/C15H20N2O3/c1-5-6-12(14(18)19)16-15(20)17(4)13-8-7-10(2)9-11(13)3/h5,7-9,12H,1,6H2,2-4H3,(H,16,20)(H,18,19). The Bertz CT molecular complexity index is 526. The first kappa shape index (κ1) is 15.8. The van der Waals surface area contributed by atoms with Crippen molar-refractivity contribution in [1.82, 2.24) is 5.32 Å². The molecule has 0 radical (unpaired) electrons. The van der Waals surface area contributed by atoms with Crippen LogP contribution in [0.1, 0.15) is 17.5 Å². The summed E-state index contributed by atoms with van der Waals surface area (Å²) in [5.41, 5.74) is 2.81. The number of nitrogens with zero attached hydrogens (tertiary/aromatic N) is 1. The normalized spacial score (nSPS) is 11.6. The number of amides is 2. The zero-order valence-corrected chi connectivity index (χ0v) is 12.0. The summed E-state index contributed by atoms with van der Waals surface area (Å²) in [6.45, 7) is 7.37. The highest BCUT2D eigenvalue weighted by Crippen LogP contribution is 2.20. The molecule has 2 N–H and O–H groups in total. The number of nitrogens with one attached hydrogen (secondary N) is 1. The fourth-order valence-electron chi connectivity index (χ4n) is 1.93. The van der Waals surface area contributed by atoms with Gasteiger partial charge in [0.15, 0.2) is 0 Å². The third kappa shape index (κ3) is 3.85. The molecule has 1 aromatic rings. The van der Waals surface area contributed by atoms with Crippen LogP contribution in [-0.4, -0.2) is 30.2 Å². The Morgan fingerprint density at radius 2 is 2.10 bits per heavy atom. The summed E-state index contributed by atoms with van der Waals surface area (Å²) in [6, 6.07) is 4.30. The van der Waals surface area contributed by atoms with Crippen molar-refractivity contribution in [3.8, 4) is 0 Å². The van der Waals surface area contributed by atoms with Crippen LogP contribution in [0, 0.1) is 13.8 Å². The van der Waals surface area contributed by atoms with Crippen LogP contribution < -0.4 is 10.2 Å². The summed E-state index contributed by atoms with van der Waals surface area (Å²) < 4.78 is 0. The zero-order chi connectivity index (χ0) is 15.3. The molecule has 5 heteroatoms. The van der Waals surface area contributed by atoms with E-state index in [0.717, 1.165) is 16.8 Å². The molecule has 0 spiro atoms. The molecule has 20 heavy (non-hydrogen) atoms. The molecule has 0 fully saturated rings. The van der Waals surface area contributed by atoms with Gasteiger partial charge in [-0.05, 0) is 31.9 Å². The summed E-state index contributed by atoms with van der Waals surface area (Å²) in [4.78, 5) is 24.5. The van der Waals surface area contributed by atoms with E-state index >= 15 is 0 Å². The van der Waals surface area contributed by atoms with Crippen molar-refractivity contribution in [3.05, 3.63) is 42.0 Å². The molecular weight excluding hydrogens is 256 g/mol. The van der Waals surface area contributed by atoms with Gasteiger partial charge in [-0.15, -0.1) is 6.58 Å².